The number of hydrogen-bond donors (Lipinski definition) is 0. The summed E-state index contributed by atoms with van der Waals surface area (Å²) in [5.41, 5.74) is 4.00. The van der Waals surface area contributed by atoms with Crippen molar-refractivity contribution in [2.24, 2.45) is 0 Å². The zero-order valence-corrected chi connectivity index (χ0v) is 15.5. The lowest BCUT2D eigenvalue weighted by molar-refractivity contribution is -0.758. The Morgan fingerprint density at radius 1 is 1.00 bits per heavy atom. The molecular weight excluding hydrogens is 321 g/mol. The van der Waals surface area contributed by atoms with E-state index in [-0.39, 0.29) is 16.8 Å². The highest BCUT2D eigenvalue weighted by Crippen LogP contribution is 2.57. The summed E-state index contributed by atoms with van der Waals surface area (Å²) in [5, 5.41) is 2.46. The van der Waals surface area contributed by atoms with Crippen molar-refractivity contribution in [1.82, 2.24) is 0 Å². The van der Waals surface area contributed by atoms with Gasteiger partial charge in [-0.05, 0) is 54.1 Å². The molecule has 130 valence electrons. The van der Waals surface area contributed by atoms with E-state index < -0.39 is 0 Å². The second kappa shape index (κ2) is 5.03. The van der Waals surface area contributed by atoms with Gasteiger partial charge in [0.2, 0.25) is 5.69 Å². The molecule has 5 rings (SSSR count). The smallest absolute Gasteiger partial charge is 0.207 e. The van der Waals surface area contributed by atoms with Crippen LogP contribution in [0.3, 0.4) is 0 Å². The third-order valence-electron chi connectivity index (χ3n) is 6.84. The average Bonchev–Trinajstić information content (AvgIpc) is 2.64. The van der Waals surface area contributed by atoms with Crippen LogP contribution in [-0.4, -0.2) is 0 Å². The third kappa shape index (κ3) is 1.59. The van der Waals surface area contributed by atoms with E-state index in [4.69, 9.17) is 0 Å². The molecule has 26 heavy (non-hydrogen) atoms. The normalized spacial score (nSPS) is 25.4. The Bertz CT molecular complexity index is 1100. The maximum atomic E-state index is 14.6. The van der Waals surface area contributed by atoms with Crippen LogP contribution >= 0.6 is 0 Å². The van der Waals surface area contributed by atoms with E-state index in [9.17, 15) is 4.39 Å². The number of benzene rings is 2. The number of aryl methyl sites for hydroxylation is 1. The lowest BCUT2D eigenvalue weighted by Gasteiger charge is -2.52. The van der Waals surface area contributed by atoms with Gasteiger partial charge in [0.25, 0.3) is 0 Å². The fourth-order valence-corrected chi connectivity index (χ4v) is 5.38. The summed E-state index contributed by atoms with van der Waals surface area (Å²) in [4.78, 5) is 0. The first-order valence-corrected chi connectivity index (χ1v) is 9.53. The SMILES string of the molecule is CCC12C=CC1(CC)[n+]1ccc3ccccc3c1-c1cc(C)c(F)cc12. The Balaban J connectivity index is 2.01. The van der Waals surface area contributed by atoms with Gasteiger partial charge in [-0.15, -0.1) is 0 Å². The van der Waals surface area contributed by atoms with Crippen molar-refractivity contribution in [3.8, 4) is 11.3 Å². The van der Waals surface area contributed by atoms with E-state index in [1.807, 2.05) is 13.0 Å². The molecule has 0 spiro atoms. The number of allylic oxidation sites excluding steroid dienone is 2. The minimum absolute atomic E-state index is 0.101. The molecule has 1 nitrogen and oxygen atoms in total. The van der Waals surface area contributed by atoms with Crippen LogP contribution in [0.1, 0.15) is 37.8 Å². The van der Waals surface area contributed by atoms with Gasteiger partial charge < -0.3 is 0 Å². The number of fused-ring (bicyclic) bond motifs is 8. The number of hydrogen-bond acceptors (Lipinski definition) is 0. The number of pyridine rings is 1. The van der Waals surface area contributed by atoms with Crippen LogP contribution in [0.2, 0.25) is 0 Å². The molecule has 1 aliphatic heterocycles. The molecule has 2 heterocycles. The van der Waals surface area contributed by atoms with E-state index >= 15 is 0 Å². The molecule has 0 saturated carbocycles. The van der Waals surface area contributed by atoms with Gasteiger partial charge in [0, 0.05) is 12.5 Å². The van der Waals surface area contributed by atoms with Gasteiger partial charge in [0.15, 0.2) is 11.7 Å². The molecule has 0 amide bonds. The fourth-order valence-electron chi connectivity index (χ4n) is 5.38. The van der Waals surface area contributed by atoms with Gasteiger partial charge in [0.1, 0.15) is 5.82 Å². The second-order valence-electron chi connectivity index (χ2n) is 7.70. The van der Waals surface area contributed by atoms with Crippen molar-refractivity contribution in [3.63, 3.8) is 0 Å². The first-order valence-electron chi connectivity index (χ1n) is 9.53. The Hall–Kier alpha value is -2.48. The van der Waals surface area contributed by atoms with E-state index in [1.165, 1.54) is 22.0 Å². The van der Waals surface area contributed by atoms with Crippen molar-refractivity contribution in [2.75, 3.05) is 0 Å². The molecular formula is C24H23FN+. The van der Waals surface area contributed by atoms with Crippen molar-refractivity contribution in [3.05, 3.63) is 77.8 Å². The molecule has 2 atom stereocenters. The van der Waals surface area contributed by atoms with E-state index in [0.717, 1.165) is 18.4 Å². The Morgan fingerprint density at radius 3 is 2.50 bits per heavy atom. The van der Waals surface area contributed by atoms with Gasteiger partial charge >= 0.3 is 0 Å². The average molecular weight is 344 g/mol. The van der Waals surface area contributed by atoms with E-state index in [0.29, 0.717) is 5.56 Å². The maximum Gasteiger partial charge on any atom is 0.221 e. The first-order chi connectivity index (χ1) is 12.6. The van der Waals surface area contributed by atoms with Gasteiger partial charge in [-0.3, -0.25) is 0 Å². The highest BCUT2D eigenvalue weighted by molar-refractivity contribution is 5.94. The van der Waals surface area contributed by atoms with Crippen molar-refractivity contribution < 1.29 is 8.96 Å². The monoisotopic (exact) mass is 344 g/mol. The van der Waals surface area contributed by atoms with Gasteiger partial charge in [-0.25, -0.2) is 4.39 Å². The molecule has 2 unspecified atom stereocenters. The number of nitrogens with zero attached hydrogens (tertiary/aromatic N) is 1. The molecule has 0 bridgehead atoms. The van der Waals surface area contributed by atoms with Gasteiger partial charge in [0.05, 0.1) is 16.4 Å². The molecule has 0 saturated heterocycles. The predicted octanol–water partition coefficient (Wildman–Crippen LogP) is 5.58. The minimum Gasteiger partial charge on any atom is -0.207 e. The highest BCUT2D eigenvalue weighted by Gasteiger charge is 2.64. The zero-order chi connectivity index (χ0) is 18.1. The summed E-state index contributed by atoms with van der Waals surface area (Å²) in [7, 11) is 0. The molecule has 1 aromatic heterocycles. The van der Waals surface area contributed by atoms with Crippen LogP contribution in [0.25, 0.3) is 22.0 Å². The largest absolute Gasteiger partial charge is 0.221 e. The van der Waals surface area contributed by atoms with Crippen molar-refractivity contribution >= 4 is 10.8 Å². The first kappa shape index (κ1) is 15.7. The molecule has 3 aromatic rings. The summed E-state index contributed by atoms with van der Waals surface area (Å²) in [5.74, 6) is -0.101. The third-order valence-corrected chi connectivity index (χ3v) is 6.84. The van der Waals surface area contributed by atoms with Crippen LogP contribution < -0.4 is 4.57 Å². The van der Waals surface area contributed by atoms with Crippen LogP contribution in [0, 0.1) is 12.7 Å². The maximum absolute atomic E-state index is 14.6. The standard InChI is InChI=1S/C24H23FN/c1-4-23-11-12-24(23,5-2)26-13-10-17-8-6-7-9-18(17)22(26)19-14-16(3)21(25)15-20(19)23/h6-15H,4-5H2,1-3H3/q+1. The quantitative estimate of drug-likeness (QED) is 0.422. The van der Waals surface area contributed by atoms with Crippen LogP contribution in [-0.2, 0) is 11.0 Å². The molecule has 2 aromatic carbocycles. The number of aromatic nitrogens is 1. The van der Waals surface area contributed by atoms with Crippen LogP contribution in [0.4, 0.5) is 4.39 Å². The van der Waals surface area contributed by atoms with Crippen LogP contribution in [0.5, 0.6) is 0 Å². The van der Waals surface area contributed by atoms with E-state index in [2.05, 4.69) is 67.1 Å². The lowest BCUT2D eigenvalue weighted by atomic mass is 9.52. The Labute approximate surface area is 153 Å². The molecule has 1 aliphatic carbocycles. The fraction of sp³-hybridized carbons (Fsp3) is 0.292. The molecule has 2 aliphatic rings. The van der Waals surface area contributed by atoms with Gasteiger partial charge in [-0.1, -0.05) is 38.1 Å². The number of halogens is 1. The van der Waals surface area contributed by atoms with Crippen molar-refractivity contribution in [2.45, 2.75) is 44.6 Å². The topological polar surface area (TPSA) is 3.88 Å². The minimum atomic E-state index is -0.133. The molecule has 2 heteroatoms. The Kier molecular flexibility index (Phi) is 3.05. The Morgan fingerprint density at radius 2 is 1.81 bits per heavy atom. The lowest BCUT2D eigenvalue weighted by Crippen LogP contribution is -2.72. The summed E-state index contributed by atoms with van der Waals surface area (Å²) >= 11 is 0. The molecule has 0 radical (unpaired) electrons. The number of rotatable bonds is 2. The highest BCUT2D eigenvalue weighted by atomic mass is 19.1. The second-order valence-corrected chi connectivity index (χ2v) is 7.70. The summed E-state index contributed by atoms with van der Waals surface area (Å²) in [6, 6.07) is 14.6. The van der Waals surface area contributed by atoms with E-state index in [1.54, 1.807) is 6.07 Å². The van der Waals surface area contributed by atoms with Gasteiger partial charge in [-0.2, -0.15) is 4.57 Å². The van der Waals surface area contributed by atoms with Crippen molar-refractivity contribution in [1.29, 1.82) is 0 Å². The predicted molar refractivity (Wildman–Crippen MR) is 104 cm³/mol. The summed E-state index contributed by atoms with van der Waals surface area (Å²) in [6.45, 7) is 6.33. The molecule has 0 fully saturated rings. The summed E-state index contributed by atoms with van der Waals surface area (Å²) in [6.07, 6.45) is 8.82. The zero-order valence-electron chi connectivity index (χ0n) is 15.5. The van der Waals surface area contributed by atoms with Crippen LogP contribution in [0.15, 0.2) is 60.8 Å². The summed E-state index contributed by atoms with van der Waals surface area (Å²) < 4.78 is 17.1. The molecule has 0 N–H and O–H groups in total.